The Hall–Kier alpha value is -0.790. The summed E-state index contributed by atoms with van der Waals surface area (Å²) in [7, 11) is 0. The van der Waals surface area contributed by atoms with Gasteiger partial charge >= 0.3 is 5.97 Å². The number of carbonyl (C=O) groups excluding carboxylic acids is 1. The van der Waals surface area contributed by atoms with Crippen molar-refractivity contribution >= 4 is 5.97 Å². The second-order valence-corrected chi connectivity index (χ2v) is 5.65. The highest BCUT2D eigenvalue weighted by molar-refractivity contribution is 5.65. The second kappa shape index (κ2) is 2.47. The Morgan fingerprint density at radius 1 is 1.47 bits per heavy atom. The van der Waals surface area contributed by atoms with E-state index in [-0.39, 0.29) is 5.97 Å². The zero-order valence-corrected chi connectivity index (χ0v) is 8.98. The fourth-order valence-corrected chi connectivity index (χ4v) is 4.90. The summed E-state index contributed by atoms with van der Waals surface area (Å²) in [5.41, 5.74) is 1.62. The molecule has 6 atom stereocenters. The van der Waals surface area contributed by atoms with E-state index < -0.39 is 0 Å². The van der Waals surface area contributed by atoms with Crippen LogP contribution in [-0.2, 0) is 9.53 Å². The first-order chi connectivity index (χ1) is 7.27. The van der Waals surface area contributed by atoms with E-state index in [1.54, 1.807) is 5.57 Å². The molecule has 0 spiro atoms. The molecule has 6 bridgehead atoms. The first-order valence-electron chi connectivity index (χ1n) is 6.11. The van der Waals surface area contributed by atoms with E-state index >= 15 is 0 Å². The van der Waals surface area contributed by atoms with Gasteiger partial charge in [-0.3, -0.25) is 4.79 Å². The summed E-state index contributed by atoms with van der Waals surface area (Å²) >= 11 is 0. The third kappa shape index (κ3) is 0.889. The van der Waals surface area contributed by atoms with Crippen molar-refractivity contribution in [3.63, 3.8) is 0 Å². The fraction of sp³-hybridized carbons (Fsp3) is 0.769. The third-order valence-electron chi connectivity index (χ3n) is 5.18. The van der Waals surface area contributed by atoms with Gasteiger partial charge in [-0.25, -0.2) is 0 Å². The van der Waals surface area contributed by atoms with Crippen LogP contribution in [0.4, 0.5) is 0 Å². The van der Waals surface area contributed by atoms with Crippen molar-refractivity contribution < 1.29 is 9.53 Å². The molecule has 0 aromatic carbocycles. The highest BCUT2D eigenvalue weighted by atomic mass is 16.5. The van der Waals surface area contributed by atoms with E-state index in [1.807, 2.05) is 0 Å². The van der Waals surface area contributed by atoms with Gasteiger partial charge in [-0.2, -0.15) is 0 Å². The lowest BCUT2D eigenvalue weighted by atomic mass is 9.93. The first-order valence-corrected chi connectivity index (χ1v) is 6.11. The zero-order valence-electron chi connectivity index (χ0n) is 8.98. The molecule has 0 heterocycles. The van der Waals surface area contributed by atoms with Crippen molar-refractivity contribution in [3.05, 3.63) is 11.6 Å². The standard InChI is InChI=1S/C13H16O2/c1-6(14)15-3-2-7-4-8-9-5-10-12(8)13(10)11(7)9/h4,8-13H,2-3,5H2,1H3/t8-,9-,10+,11+,12-,13-/m0/s1. The minimum absolute atomic E-state index is 0.146. The van der Waals surface area contributed by atoms with Crippen LogP contribution in [0.25, 0.3) is 0 Å². The Labute approximate surface area is 89.7 Å². The fourth-order valence-electron chi connectivity index (χ4n) is 4.90. The van der Waals surface area contributed by atoms with Gasteiger partial charge in [-0.15, -0.1) is 0 Å². The molecule has 15 heavy (non-hydrogen) atoms. The monoisotopic (exact) mass is 204 g/mol. The van der Waals surface area contributed by atoms with Gasteiger partial charge in [-0.05, 0) is 41.9 Å². The number of ether oxygens (including phenoxy) is 1. The van der Waals surface area contributed by atoms with Gasteiger partial charge in [0.05, 0.1) is 6.61 Å². The predicted octanol–water partition coefficient (Wildman–Crippen LogP) is 2.01. The number of allylic oxidation sites excluding steroid dienone is 1. The Bertz CT molecular complexity index is 371. The number of rotatable bonds is 3. The topological polar surface area (TPSA) is 26.3 Å². The average Bonchev–Trinajstić information content (AvgIpc) is 2.56. The van der Waals surface area contributed by atoms with Crippen LogP contribution in [0.15, 0.2) is 11.6 Å². The van der Waals surface area contributed by atoms with Crippen LogP contribution in [0.5, 0.6) is 0 Å². The number of hydrogen-bond acceptors (Lipinski definition) is 2. The number of esters is 1. The van der Waals surface area contributed by atoms with E-state index in [1.165, 1.54) is 13.3 Å². The highest BCUT2D eigenvalue weighted by Gasteiger charge is 2.75. The van der Waals surface area contributed by atoms with Gasteiger partial charge in [0.1, 0.15) is 0 Å². The predicted molar refractivity (Wildman–Crippen MR) is 54.9 cm³/mol. The van der Waals surface area contributed by atoms with Crippen LogP contribution < -0.4 is 0 Å². The van der Waals surface area contributed by atoms with Crippen molar-refractivity contribution in [2.24, 2.45) is 35.5 Å². The maximum atomic E-state index is 10.7. The molecule has 0 aliphatic heterocycles. The molecule has 4 saturated carbocycles. The normalized spacial score (nSPS) is 51.9. The van der Waals surface area contributed by atoms with Crippen LogP contribution in [-0.4, -0.2) is 12.6 Å². The van der Waals surface area contributed by atoms with Crippen molar-refractivity contribution in [1.82, 2.24) is 0 Å². The van der Waals surface area contributed by atoms with Crippen LogP contribution in [0.1, 0.15) is 19.8 Å². The molecule has 2 heteroatoms. The largest absolute Gasteiger partial charge is 0.466 e. The molecule has 0 unspecified atom stereocenters. The first kappa shape index (κ1) is 8.37. The maximum Gasteiger partial charge on any atom is 0.302 e. The number of hydrogen-bond donors (Lipinski definition) is 0. The van der Waals surface area contributed by atoms with Gasteiger partial charge in [0.2, 0.25) is 0 Å². The molecule has 80 valence electrons. The molecule has 0 aromatic rings. The molecule has 0 saturated heterocycles. The van der Waals surface area contributed by atoms with E-state index in [4.69, 9.17) is 4.74 Å². The van der Waals surface area contributed by atoms with E-state index in [0.717, 1.165) is 41.9 Å². The molecule has 5 rings (SSSR count). The molecular formula is C13H16O2. The lowest BCUT2D eigenvalue weighted by Crippen LogP contribution is -2.08. The summed E-state index contributed by atoms with van der Waals surface area (Å²) in [6.07, 6.45) is 5.01. The van der Waals surface area contributed by atoms with Gasteiger partial charge < -0.3 is 4.74 Å². The van der Waals surface area contributed by atoms with Crippen LogP contribution in [0.3, 0.4) is 0 Å². The Balaban J connectivity index is 1.44. The summed E-state index contributed by atoms with van der Waals surface area (Å²) in [4.78, 5) is 10.7. The van der Waals surface area contributed by atoms with Gasteiger partial charge in [0.25, 0.3) is 0 Å². The molecule has 0 N–H and O–H groups in total. The SMILES string of the molecule is CC(=O)OCCC1=C[C@H]2[C@@H]3C[C@@H]4[C@H]2[C@@H]4[C@H]13. The molecule has 2 nitrogen and oxygen atoms in total. The summed E-state index contributed by atoms with van der Waals surface area (Å²) in [6.45, 7) is 2.09. The smallest absolute Gasteiger partial charge is 0.302 e. The Morgan fingerprint density at radius 2 is 2.33 bits per heavy atom. The number of carbonyl (C=O) groups is 1. The van der Waals surface area contributed by atoms with Gasteiger partial charge in [0, 0.05) is 13.3 Å². The van der Waals surface area contributed by atoms with Crippen LogP contribution >= 0.6 is 0 Å². The van der Waals surface area contributed by atoms with Crippen LogP contribution in [0.2, 0.25) is 0 Å². The average molecular weight is 204 g/mol. The van der Waals surface area contributed by atoms with Gasteiger partial charge in [-0.1, -0.05) is 11.6 Å². The molecule has 5 aliphatic carbocycles. The summed E-state index contributed by atoms with van der Waals surface area (Å²) in [5, 5.41) is 0. The molecular weight excluding hydrogens is 188 g/mol. The highest BCUT2D eigenvalue weighted by Crippen LogP contribution is 2.80. The quantitative estimate of drug-likeness (QED) is 0.519. The van der Waals surface area contributed by atoms with E-state index in [0.29, 0.717) is 6.61 Å². The second-order valence-electron chi connectivity index (χ2n) is 5.65. The third-order valence-corrected chi connectivity index (χ3v) is 5.18. The van der Waals surface area contributed by atoms with E-state index in [9.17, 15) is 4.79 Å². The molecule has 5 aliphatic rings. The minimum atomic E-state index is -0.146. The molecule has 4 fully saturated rings. The van der Waals surface area contributed by atoms with Crippen molar-refractivity contribution in [2.75, 3.05) is 6.61 Å². The lowest BCUT2D eigenvalue weighted by molar-refractivity contribution is -0.140. The Kier molecular flexibility index (Phi) is 1.38. The summed E-state index contributed by atoms with van der Waals surface area (Å²) in [6, 6.07) is 0. The minimum Gasteiger partial charge on any atom is -0.466 e. The van der Waals surface area contributed by atoms with E-state index in [2.05, 4.69) is 6.08 Å². The Morgan fingerprint density at radius 3 is 2.93 bits per heavy atom. The van der Waals surface area contributed by atoms with Gasteiger partial charge in [0.15, 0.2) is 0 Å². The maximum absolute atomic E-state index is 10.7. The summed E-state index contributed by atoms with van der Waals surface area (Å²) < 4.78 is 5.03. The summed E-state index contributed by atoms with van der Waals surface area (Å²) in [5.74, 6) is 5.91. The van der Waals surface area contributed by atoms with Crippen LogP contribution in [0, 0.1) is 35.5 Å². The zero-order chi connectivity index (χ0) is 10.2. The lowest BCUT2D eigenvalue weighted by Gasteiger charge is -2.14. The van der Waals surface area contributed by atoms with Crippen molar-refractivity contribution in [2.45, 2.75) is 19.8 Å². The molecule has 0 radical (unpaired) electrons. The van der Waals surface area contributed by atoms with Crippen molar-refractivity contribution in [1.29, 1.82) is 0 Å². The molecule has 0 amide bonds. The molecule has 0 aromatic heterocycles. The van der Waals surface area contributed by atoms with Crippen molar-refractivity contribution in [3.8, 4) is 0 Å².